The summed E-state index contributed by atoms with van der Waals surface area (Å²) in [6.45, 7) is 4.22. The van der Waals surface area contributed by atoms with Crippen LogP contribution in [0.5, 0.6) is 5.75 Å². The second-order valence-electron chi connectivity index (χ2n) is 8.06. The van der Waals surface area contributed by atoms with E-state index < -0.39 is 0 Å². The van der Waals surface area contributed by atoms with Crippen LogP contribution in [0.25, 0.3) is 0 Å². The van der Waals surface area contributed by atoms with Crippen molar-refractivity contribution >= 4 is 29.1 Å². The lowest BCUT2D eigenvalue weighted by Gasteiger charge is -2.39. The maximum absolute atomic E-state index is 13.1. The van der Waals surface area contributed by atoms with E-state index in [9.17, 15) is 9.59 Å². The summed E-state index contributed by atoms with van der Waals surface area (Å²) in [4.78, 5) is 31.8. The largest absolute Gasteiger partial charge is 0.495 e. The Kier molecular flexibility index (Phi) is 6.66. The molecule has 0 unspecified atom stereocenters. The van der Waals surface area contributed by atoms with E-state index in [0.29, 0.717) is 49.6 Å². The number of nitrogens with zero attached hydrogens (tertiary/aromatic N) is 3. The van der Waals surface area contributed by atoms with Gasteiger partial charge in [0.05, 0.1) is 12.8 Å². The molecule has 0 radical (unpaired) electrons. The van der Waals surface area contributed by atoms with Crippen molar-refractivity contribution in [1.29, 1.82) is 0 Å². The van der Waals surface area contributed by atoms with Gasteiger partial charge in [0.1, 0.15) is 5.75 Å². The second kappa shape index (κ2) is 9.60. The van der Waals surface area contributed by atoms with Gasteiger partial charge in [0, 0.05) is 55.8 Å². The number of rotatable bonds is 4. The van der Waals surface area contributed by atoms with E-state index in [1.807, 2.05) is 28.0 Å². The third kappa shape index (κ3) is 4.79. The first-order chi connectivity index (χ1) is 15.1. The molecule has 31 heavy (non-hydrogen) atoms. The zero-order valence-corrected chi connectivity index (χ0v) is 18.6. The number of halogens is 1. The number of carbonyl (C=O) groups is 2. The molecule has 0 aromatic heterocycles. The highest BCUT2D eigenvalue weighted by molar-refractivity contribution is 6.30. The van der Waals surface area contributed by atoms with Gasteiger partial charge in [0.15, 0.2) is 0 Å². The number of likely N-dealkylation sites (tertiary alicyclic amines) is 1. The van der Waals surface area contributed by atoms with E-state index in [2.05, 4.69) is 11.0 Å². The Morgan fingerprint density at radius 1 is 0.871 bits per heavy atom. The minimum atomic E-state index is -0.00733. The Balaban J connectivity index is 1.28. The van der Waals surface area contributed by atoms with E-state index in [0.717, 1.165) is 24.5 Å². The predicted molar refractivity (Wildman–Crippen MR) is 122 cm³/mol. The molecule has 2 aromatic rings. The fraction of sp³-hybridized carbons (Fsp3) is 0.417. The highest BCUT2D eigenvalue weighted by Crippen LogP contribution is 2.29. The summed E-state index contributed by atoms with van der Waals surface area (Å²) in [7, 11) is 1.68. The van der Waals surface area contributed by atoms with Crippen LogP contribution in [-0.2, 0) is 4.79 Å². The van der Waals surface area contributed by atoms with Crippen molar-refractivity contribution in [3.8, 4) is 5.75 Å². The number of carbonyl (C=O) groups excluding carboxylic acids is 2. The molecule has 2 aromatic carbocycles. The average molecular weight is 442 g/mol. The number of amides is 2. The van der Waals surface area contributed by atoms with Crippen LogP contribution in [0.2, 0.25) is 5.02 Å². The lowest BCUT2D eigenvalue weighted by atomic mass is 9.94. The van der Waals surface area contributed by atoms with Gasteiger partial charge >= 0.3 is 0 Å². The number of benzene rings is 2. The molecule has 0 spiro atoms. The van der Waals surface area contributed by atoms with Gasteiger partial charge in [0.25, 0.3) is 5.91 Å². The Hall–Kier alpha value is -2.73. The maximum atomic E-state index is 13.1. The van der Waals surface area contributed by atoms with E-state index in [-0.39, 0.29) is 17.7 Å². The second-order valence-corrected chi connectivity index (χ2v) is 8.49. The number of methoxy groups -OCH3 is 1. The van der Waals surface area contributed by atoms with Crippen LogP contribution >= 0.6 is 11.6 Å². The lowest BCUT2D eigenvalue weighted by molar-refractivity contribution is -0.137. The number of para-hydroxylation sites is 2. The van der Waals surface area contributed by atoms with Gasteiger partial charge in [0.2, 0.25) is 5.91 Å². The van der Waals surface area contributed by atoms with Crippen molar-refractivity contribution in [1.82, 2.24) is 9.80 Å². The Morgan fingerprint density at radius 3 is 2.16 bits per heavy atom. The van der Waals surface area contributed by atoms with Gasteiger partial charge in [-0.2, -0.15) is 0 Å². The quantitative estimate of drug-likeness (QED) is 0.728. The van der Waals surface area contributed by atoms with E-state index in [4.69, 9.17) is 16.3 Å². The number of piperazine rings is 1. The summed E-state index contributed by atoms with van der Waals surface area (Å²) < 4.78 is 5.47. The van der Waals surface area contributed by atoms with Crippen molar-refractivity contribution < 1.29 is 14.3 Å². The number of hydrogen-bond donors (Lipinski definition) is 0. The molecule has 164 valence electrons. The molecule has 2 amide bonds. The number of piperidine rings is 1. The maximum Gasteiger partial charge on any atom is 0.253 e. The van der Waals surface area contributed by atoms with Crippen LogP contribution in [0, 0.1) is 5.92 Å². The first kappa shape index (κ1) is 21.5. The Morgan fingerprint density at radius 2 is 1.52 bits per heavy atom. The lowest BCUT2D eigenvalue weighted by Crippen LogP contribution is -2.52. The van der Waals surface area contributed by atoms with Gasteiger partial charge in [-0.15, -0.1) is 0 Å². The molecule has 7 heteroatoms. The summed E-state index contributed by atoms with van der Waals surface area (Å²) >= 11 is 5.91. The minimum Gasteiger partial charge on any atom is -0.495 e. The molecule has 6 nitrogen and oxygen atoms in total. The number of ether oxygens (including phenoxy) is 1. The molecule has 4 rings (SSSR count). The molecule has 0 saturated carbocycles. The average Bonchev–Trinajstić information content (AvgIpc) is 2.84. The molecular formula is C24H28ClN3O3. The molecule has 0 N–H and O–H groups in total. The summed E-state index contributed by atoms with van der Waals surface area (Å²) in [5, 5.41) is 0.617. The van der Waals surface area contributed by atoms with Crippen molar-refractivity contribution in [2.24, 2.45) is 5.92 Å². The molecule has 0 aliphatic carbocycles. The molecule has 2 aliphatic heterocycles. The van der Waals surface area contributed by atoms with Gasteiger partial charge in [-0.3, -0.25) is 9.59 Å². The molecular weight excluding hydrogens is 414 g/mol. The number of anilines is 1. The van der Waals surface area contributed by atoms with Crippen LogP contribution in [0.1, 0.15) is 23.2 Å². The molecule has 2 heterocycles. The van der Waals surface area contributed by atoms with Crippen LogP contribution in [0.3, 0.4) is 0 Å². The van der Waals surface area contributed by atoms with Crippen molar-refractivity contribution in [3.05, 3.63) is 59.1 Å². The van der Waals surface area contributed by atoms with E-state index >= 15 is 0 Å². The van der Waals surface area contributed by atoms with Crippen LogP contribution in [0.4, 0.5) is 5.69 Å². The van der Waals surface area contributed by atoms with Crippen molar-refractivity contribution in [3.63, 3.8) is 0 Å². The van der Waals surface area contributed by atoms with Crippen molar-refractivity contribution in [2.75, 3.05) is 51.3 Å². The van der Waals surface area contributed by atoms with Crippen molar-refractivity contribution in [2.45, 2.75) is 12.8 Å². The molecule has 2 fully saturated rings. The third-order valence-electron chi connectivity index (χ3n) is 6.24. The van der Waals surface area contributed by atoms with Crippen LogP contribution < -0.4 is 9.64 Å². The Bertz CT molecular complexity index is 918. The molecule has 0 bridgehead atoms. The fourth-order valence-electron chi connectivity index (χ4n) is 4.42. The highest BCUT2D eigenvalue weighted by atomic mass is 35.5. The summed E-state index contributed by atoms with van der Waals surface area (Å²) in [5.74, 6) is 1.08. The van der Waals surface area contributed by atoms with Gasteiger partial charge in [-0.25, -0.2) is 0 Å². The smallest absolute Gasteiger partial charge is 0.253 e. The minimum absolute atomic E-state index is 0.00733. The highest BCUT2D eigenvalue weighted by Gasteiger charge is 2.32. The summed E-state index contributed by atoms with van der Waals surface area (Å²) in [6, 6.07) is 15.0. The summed E-state index contributed by atoms with van der Waals surface area (Å²) in [5.41, 5.74) is 1.72. The zero-order valence-electron chi connectivity index (χ0n) is 17.8. The molecule has 2 aliphatic rings. The molecule has 2 saturated heterocycles. The number of hydrogen-bond acceptors (Lipinski definition) is 4. The fourth-order valence-corrected chi connectivity index (χ4v) is 4.55. The Labute approximate surface area is 188 Å². The van der Waals surface area contributed by atoms with Gasteiger partial charge in [-0.1, -0.05) is 23.7 Å². The SMILES string of the molecule is COc1ccccc1N1CCN(C(=O)C2CCN(C(=O)c3ccc(Cl)cc3)CC2)CC1. The first-order valence-electron chi connectivity index (χ1n) is 10.8. The topological polar surface area (TPSA) is 53.1 Å². The third-order valence-corrected chi connectivity index (χ3v) is 6.49. The standard InChI is InChI=1S/C24H28ClN3O3/c1-31-22-5-3-2-4-21(22)26-14-16-28(17-15-26)24(30)19-10-12-27(13-11-19)23(29)18-6-8-20(25)9-7-18/h2-9,19H,10-17H2,1H3. The van der Waals surface area contributed by atoms with Crippen LogP contribution in [-0.4, -0.2) is 68.0 Å². The van der Waals surface area contributed by atoms with E-state index in [1.165, 1.54) is 0 Å². The van der Waals surface area contributed by atoms with Crippen LogP contribution in [0.15, 0.2) is 48.5 Å². The molecule has 0 atom stereocenters. The predicted octanol–water partition coefficient (Wildman–Crippen LogP) is 3.55. The monoisotopic (exact) mass is 441 g/mol. The van der Waals surface area contributed by atoms with Gasteiger partial charge < -0.3 is 19.4 Å². The first-order valence-corrected chi connectivity index (χ1v) is 11.2. The zero-order chi connectivity index (χ0) is 21.8. The van der Waals surface area contributed by atoms with E-state index in [1.54, 1.807) is 31.4 Å². The van der Waals surface area contributed by atoms with Gasteiger partial charge in [-0.05, 0) is 49.2 Å². The normalized spacial score (nSPS) is 17.5. The summed E-state index contributed by atoms with van der Waals surface area (Å²) in [6.07, 6.45) is 1.43.